The first-order valence-electron chi connectivity index (χ1n) is 6.91. The maximum Gasteiger partial charge on any atom is 0.250 e. The van der Waals surface area contributed by atoms with Crippen molar-refractivity contribution in [1.82, 2.24) is 9.97 Å². The Labute approximate surface area is 132 Å². The predicted molar refractivity (Wildman–Crippen MR) is 91.0 cm³/mol. The monoisotopic (exact) mass is 309 g/mol. The predicted octanol–water partition coefficient (Wildman–Crippen LogP) is 3.96. The Morgan fingerprint density at radius 3 is 2.73 bits per heavy atom. The smallest absolute Gasteiger partial charge is 0.250 e. The fourth-order valence-electron chi connectivity index (χ4n) is 2.16. The third-order valence-corrected chi connectivity index (χ3v) is 4.23. The van der Waals surface area contributed by atoms with E-state index in [0.717, 1.165) is 21.5 Å². The highest BCUT2D eigenvalue weighted by Gasteiger charge is 2.09. The van der Waals surface area contributed by atoms with Gasteiger partial charge in [-0.15, -0.1) is 0 Å². The molecule has 0 spiro atoms. The highest BCUT2D eigenvalue weighted by Crippen LogP contribution is 2.27. The first-order chi connectivity index (χ1) is 10.6. The second kappa shape index (κ2) is 6.07. The molecular formula is C17H15N3OS. The number of hydrogen-bond donors (Lipinski definition) is 1. The Kier molecular flexibility index (Phi) is 3.98. The molecule has 1 N–H and O–H groups in total. The second-order valence-electron chi connectivity index (χ2n) is 4.99. The number of rotatable bonds is 3. The minimum Gasteiger partial charge on any atom is -0.298 e. The van der Waals surface area contributed by atoms with E-state index >= 15 is 0 Å². The lowest BCUT2D eigenvalue weighted by Gasteiger charge is -1.95. The maximum atomic E-state index is 12.0. The fraction of sp³-hybridized carbons (Fsp3) is 0.118. The molecule has 0 aliphatic heterocycles. The van der Waals surface area contributed by atoms with Crippen LogP contribution in [0.25, 0.3) is 16.4 Å². The van der Waals surface area contributed by atoms with Crippen LogP contribution in [0.5, 0.6) is 0 Å². The molecule has 110 valence electrons. The number of amides is 1. The summed E-state index contributed by atoms with van der Waals surface area (Å²) < 4.78 is 1.01. The molecule has 1 aromatic carbocycles. The lowest BCUT2D eigenvalue weighted by molar-refractivity contribution is -0.111. The average Bonchev–Trinajstić information content (AvgIpc) is 2.89. The number of pyridine rings is 1. The van der Waals surface area contributed by atoms with Crippen LogP contribution in [0.1, 0.15) is 16.8 Å². The molecule has 22 heavy (non-hydrogen) atoms. The molecule has 4 nitrogen and oxygen atoms in total. The van der Waals surface area contributed by atoms with Crippen LogP contribution in [0.2, 0.25) is 0 Å². The molecule has 2 heterocycles. The summed E-state index contributed by atoms with van der Waals surface area (Å²) in [5.74, 6) is -0.197. The van der Waals surface area contributed by atoms with Gasteiger partial charge in [-0.1, -0.05) is 41.7 Å². The van der Waals surface area contributed by atoms with Crippen LogP contribution in [-0.4, -0.2) is 15.9 Å². The van der Waals surface area contributed by atoms with E-state index in [1.807, 2.05) is 50.2 Å². The number of fused-ring (bicyclic) bond motifs is 1. The number of hydrogen-bond acceptors (Lipinski definition) is 4. The van der Waals surface area contributed by atoms with Crippen molar-refractivity contribution in [1.29, 1.82) is 0 Å². The van der Waals surface area contributed by atoms with E-state index in [-0.39, 0.29) is 5.91 Å². The Balaban J connectivity index is 1.77. The standard InChI is InChI=1S/C17H15N3OS/c1-11-10-12(2)18-16-15(11)22-17(20-16)19-14(21)9-8-13-6-4-3-5-7-13/h3-10H,1-2H3,(H,18,19,20,21). The number of nitrogens with zero attached hydrogens (tertiary/aromatic N) is 2. The van der Waals surface area contributed by atoms with Gasteiger partial charge >= 0.3 is 0 Å². The number of carbonyl (C=O) groups excluding carboxylic acids is 1. The summed E-state index contributed by atoms with van der Waals surface area (Å²) in [6.45, 7) is 3.96. The summed E-state index contributed by atoms with van der Waals surface area (Å²) in [6, 6.07) is 11.7. The summed E-state index contributed by atoms with van der Waals surface area (Å²) in [5, 5.41) is 3.36. The van der Waals surface area contributed by atoms with Crippen LogP contribution in [0.3, 0.4) is 0 Å². The maximum absolute atomic E-state index is 12.0. The Morgan fingerprint density at radius 1 is 1.18 bits per heavy atom. The van der Waals surface area contributed by atoms with E-state index in [1.165, 1.54) is 17.4 Å². The Morgan fingerprint density at radius 2 is 1.95 bits per heavy atom. The van der Waals surface area contributed by atoms with Crippen LogP contribution < -0.4 is 5.32 Å². The number of aromatic nitrogens is 2. The number of thiazole rings is 1. The van der Waals surface area contributed by atoms with Gasteiger partial charge in [0.2, 0.25) is 5.91 Å². The van der Waals surface area contributed by atoms with Crippen molar-refractivity contribution in [2.75, 3.05) is 5.32 Å². The van der Waals surface area contributed by atoms with Gasteiger partial charge in [0.15, 0.2) is 10.8 Å². The molecule has 2 aromatic heterocycles. The lowest BCUT2D eigenvalue weighted by atomic mass is 10.2. The second-order valence-corrected chi connectivity index (χ2v) is 5.98. The molecule has 0 aliphatic rings. The van der Waals surface area contributed by atoms with E-state index < -0.39 is 0 Å². The van der Waals surface area contributed by atoms with Crippen LogP contribution in [-0.2, 0) is 4.79 Å². The molecule has 0 atom stereocenters. The largest absolute Gasteiger partial charge is 0.298 e. The Bertz CT molecular complexity index is 853. The molecule has 0 radical (unpaired) electrons. The van der Waals surface area contributed by atoms with Gasteiger partial charge in [-0.3, -0.25) is 10.1 Å². The highest BCUT2D eigenvalue weighted by molar-refractivity contribution is 7.22. The van der Waals surface area contributed by atoms with Gasteiger partial charge in [0.05, 0.1) is 4.70 Å². The van der Waals surface area contributed by atoms with E-state index in [9.17, 15) is 4.79 Å². The number of nitrogens with one attached hydrogen (secondary N) is 1. The van der Waals surface area contributed by atoms with E-state index in [4.69, 9.17) is 0 Å². The molecule has 5 heteroatoms. The summed E-state index contributed by atoms with van der Waals surface area (Å²) in [4.78, 5) is 20.7. The van der Waals surface area contributed by atoms with Gasteiger partial charge in [0.1, 0.15) is 0 Å². The van der Waals surface area contributed by atoms with Crippen molar-refractivity contribution >= 4 is 38.8 Å². The average molecular weight is 309 g/mol. The summed E-state index contributed by atoms with van der Waals surface area (Å²) in [6.07, 6.45) is 3.28. The fourth-order valence-corrected chi connectivity index (χ4v) is 3.04. The number of carbonyl (C=O) groups is 1. The third kappa shape index (κ3) is 3.20. The zero-order valence-electron chi connectivity index (χ0n) is 12.3. The van der Waals surface area contributed by atoms with E-state index in [2.05, 4.69) is 15.3 Å². The minimum atomic E-state index is -0.197. The molecule has 3 aromatic rings. The number of aryl methyl sites for hydroxylation is 2. The summed E-state index contributed by atoms with van der Waals surface area (Å²) >= 11 is 1.44. The lowest BCUT2D eigenvalue weighted by Crippen LogP contribution is -2.07. The Hall–Kier alpha value is -2.53. The topological polar surface area (TPSA) is 54.9 Å². The first kappa shape index (κ1) is 14.4. The van der Waals surface area contributed by atoms with Gasteiger partial charge in [0.25, 0.3) is 0 Å². The van der Waals surface area contributed by atoms with Gasteiger partial charge < -0.3 is 0 Å². The third-order valence-electron chi connectivity index (χ3n) is 3.13. The normalized spacial score (nSPS) is 11.2. The van der Waals surface area contributed by atoms with E-state index in [0.29, 0.717) is 10.8 Å². The van der Waals surface area contributed by atoms with Crippen molar-refractivity contribution in [3.63, 3.8) is 0 Å². The molecule has 0 saturated carbocycles. The molecule has 3 rings (SSSR count). The van der Waals surface area contributed by atoms with Crippen LogP contribution in [0.4, 0.5) is 5.13 Å². The summed E-state index contributed by atoms with van der Waals surface area (Å²) in [7, 11) is 0. The zero-order valence-corrected chi connectivity index (χ0v) is 13.1. The summed E-state index contributed by atoms with van der Waals surface area (Å²) in [5.41, 5.74) is 3.72. The molecule has 0 aliphatic carbocycles. The van der Waals surface area contributed by atoms with Gasteiger partial charge in [-0.2, -0.15) is 4.98 Å². The number of benzene rings is 1. The van der Waals surface area contributed by atoms with Crippen molar-refractivity contribution in [3.05, 3.63) is 59.3 Å². The molecule has 0 bridgehead atoms. The van der Waals surface area contributed by atoms with Crippen molar-refractivity contribution in [2.45, 2.75) is 13.8 Å². The minimum absolute atomic E-state index is 0.197. The van der Waals surface area contributed by atoms with Gasteiger partial charge in [-0.05, 0) is 37.1 Å². The quantitative estimate of drug-likeness (QED) is 0.745. The van der Waals surface area contributed by atoms with Crippen LogP contribution in [0, 0.1) is 13.8 Å². The zero-order chi connectivity index (χ0) is 15.5. The van der Waals surface area contributed by atoms with Gasteiger partial charge in [-0.25, -0.2) is 4.98 Å². The van der Waals surface area contributed by atoms with Crippen LogP contribution in [0.15, 0.2) is 42.5 Å². The first-order valence-corrected chi connectivity index (χ1v) is 7.72. The number of anilines is 1. The van der Waals surface area contributed by atoms with Gasteiger partial charge in [0, 0.05) is 11.8 Å². The molecular weight excluding hydrogens is 294 g/mol. The molecule has 1 amide bonds. The highest BCUT2D eigenvalue weighted by atomic mass is 32.1. The molecule has 0 saturated heterocycles. The van der Waals surface area contributed by atoms with Crippen LogP contribution >= 0.6 is 11.3 Å². The van der Waals surface area contributed by atoms with Crippen molar-refractivity contribution < 1.29 is 4.79 Å². The van der Waals surface area contributed by atoms with Crippen molar-refractivity contribution in [3.8, 4) is 0 Å². The van der Waals surface area contributed by atoms with Crippen molar-refractivity contribution in [2.24, 2.45) is 0 Å². The molecule has 0 unspecified atom stereocenters. The van der Waals surface area contributed by atoms with E-state index in [1.54, 1.807) is 6.08 Å². The SMILES string of the molecule is Cc1cc(C)c2sc(NC(=O)C=Cc3ccccc3)nc2n1. The molecule has 0 fully saturated rings.